The zero-order chi connectivity index (χ0) is 17.6. The number of amides is 2. The van der Waals surface area contributed by atoms with Crippen molar-refractivity contribution < 1.29 is 14.3 Å². The van der Waals surface area contributed by atoms with Crippen LogP contribution < -0.4 is 0 Å². The minimum absolute atomic E-state index is 0.366. The first-order valence-electron chi connectivity index (χ1n) is 9.15. The standard InChI is InChI=1S/C19H27N3O3/c1-2-17(16-6-4-3-5-7-16)20-8-10-21(11-9-20)18(23)19(24)22-12-14-25-15-13-22/h3-7,17H,2,8-15H2,1H3. The number of hydrogen-bond donors (Lipinski definition) is 0. The number of piperazine rings is 1. The predicted molar refractivity (Wildman–Crippen MR) is 95.0 cm³/mol. The lowest BCUT2D eigenvalue weighted by Gasteiger charge is -2.39. The molecule has 0 aromatic heterocycles. The molecule has 0 saturated carbocycles. The van der Waals surface area contributed by atoms with E-state index in [2.05, 4.69) is 36.1 Å². The van der Waals surface area contributed by atoms with Crippen molar-refractivity contribution in [2.24, 2.45) is 0 Å². The Hall–Kier alpha value is -1.92. The van der Waals surface area contributed by atoms with Crippen LogP contribution in [0, 0.1) is 0 Å². The molecule has 0 radical (unpaired) electrons. The van der Waals surface area contributed by atoms with E-state index in [1.54, 1.807) is 9.80 Å². The molecule has 2 amide bonds. The van der Waals surface area contributed by atoms with Gasteiger partial charge in [-0.2, -0.15) is 0 Å². The second-order valence-electron chi connectivity index (χ2n) is 6.57. The highest BCUT2D eigenvalue weighted by Crippen LogP contribution is 2.25. The Morgan fingerprint density at radius 2 is 1.48 bits per heavy atom. The van der Waals surface area contributed by atoms with E-state index in [-0.39, 0.29) is 11.8 Å². The van der Waals surface area contributed by atoms with E-state index in [4.69, 9.17) is 4.74 Å². The molecule has 25 heavy (non-hydrogen) atoms. The van der Waals surface area contributed by atoms with Gasteiger partial charge >= 0.3 is 11.8 Å². The number of rotatable bonds is 3. The lowest BCUT2D eigenvalue weighted by atomic mass is 10.0. The van der Waals surface area contributed by atoms with Crippen LogP contribution in [-0.2, 0) is 14.3 Å². The van der Waals surface area contributed by atoms with Crippen molar-refractivity contribution in [2.75, 3.05) is 52.5 Å². The van der Waals surface area contributed by atoms with Crippen LogP contribution in [0.5, 0.6) is 0 Å². The first-order chi connectivity index (χ1) is 12.2. The first-order valence-corrected chi connectivity index (χ1v) is 9.15. The van der Waals surface area contributed by atoms with Crippen LogP contribution in [0.2, 0.25) is 0 Å². The van der Waals surface area contributed by atoms with Crippen LogP contribution in [0.25, 0.3) is 0 Å². The largest absolute Gasteiger partial charge is 0.378 e. The molecule has 2 aliphatic rings. The van der Waals surface area contributed by atoms with Gasteiger partial charge in [0.2, 0.25) is 0 Å². The Labute approximate surface area is 149 Å². The summed E-state index contributed by atoms with van der Waals surface area (Å²) in [6, 6.07) is 10.9. The maximum Gasteiger partial charge on any atom is 0.312 e. The molecule has 0 bridgehead atoms. The van der Waals surface area contributed by atoms with E-state index in [1.165, 1.54) is 5.56 Å². The highest BCUT2D eigenvalue weighted by atomic mass is 16.5. The minimum Gasteiger partial charge on any atom is -0.378 e. The Morgan fingerprint density at radius 1 is 0.920 bits per heavy atom. The molecule has 2 saturated heterocycles. The highest BCUT2D eigenvalue weighted by molar-refractivity contribution is 6.34. The molecular formula is C19H27N3O3. The lowest BCUT2D eigenvalue weighted by molar-refractivity contribution is -0.155. The summed E-state index contributed by atoms with van der Waals surface area (Å²) in [4.78, 5) is 30.6. The molecule has 3 rings (SSSR count). The summed E-state index contributed by atoms with van der Waals surface area (Å²) in [5, 5.41) is 0. The third-order valence-corrected chi connectivity index (χ3v) is 5.09. The second-order valence-corrected chi connectivity index (χ2v) is 6.57. The Balaban J connectivity index is 1.55. The SMILES string of the molecule is CCC(c1ccccc1)N1CCN(C(=O)C(=O)N2CCOCC2)CC1. The number of carbonyl (C=O) groups is 2. The quantitative estimate of drug-likeness (QED) is 0.771. The van der Waals surface area contributed by atoms with Gasteiger partial charge in [-0.1, -0.05) is 37.3 Å². The molecule has 6 nitrogen and oxygen atoms in total. The first kappa shape index (κ1) is 17.9. The van der Waals surface area contributed by atoms with E-state index in [0.29, 0.717) is 45.4 Å². The molecule has 2 fully saturated rings. The van der Waals surface area contributed by atoms with Crippen LogP contribution in [0.4, 0.5) is 0 Å². The summed E-state index contributed by atoms with van der Waals surface area (Å²) in [7, 11) is 0. The number of hydrogen-bond acceptors (Lipinski definition) is 4. The van der Waals surface area contributed by atoms with Crippen LogP contribution >= 0.6 is 0 Å². The molecule has 136 valence electrons. The van der Waals surface area contributed by atoms with Gasteiger partial charge in [-0.05, 0) is 12.0 Å². The van der Waals surface area contributed by atoms with Crippen molar-refractivity contribution in [3.8, 4) is 0 Å². The molecule has 1 unspecified atom stereocenters. The van der Waals surface area contributed by atoms with Crippen LogP contribution in [0.1, 0.15) is 24.9 Å². The fourth-order valence-corrected chi connectivity index (χ4v) is 3.65. The van der Waals surface area contributed by atoms with Gasteiger partial charge < -0.3 is 14.5 Å². The normalized spacial score (nSPS) is 20.4. The highest BCUT2D eigenvalue weighted by Gasteiger charge is 2.31. The number of nitrogens with zero attached hydrogens (tertiary/aromatic N) is 3. The fraction of sp³-hybridized carbons (Fsp3) is 0.579. The van der Waals surface area contributed by atoms with E-state index in [9.17, 15) is 9.59 Å². The molecule has 0 N–H and O–H groups in total. The summed E-state index contributed by atoms with van der Waals surface area (Å²) in [6.07, 6.45) is 1.03. The molecule has 1 atom stereocenters. The van der Waals surface area contributed by atoms with Crippen molar-refractivity contribution >= 4 is 11.8 Å². The van der Waals surface area contributed by atoms with Gasteiger partial charge in [-0.15, -0.1) is 0 Å². The van der Waals surface area contributed by atoms with Crippen molar-refractivity contribution in [3.63, 3.8) is 0 Å². The summed E-state index contributed by atoms with van der Waals surface area (Å²) < 4.78 is 5.24. The van der Waals surface area contributed by atoms with Gasteiger partial charge in [0.05, 0.1) is 13.2 Å². The monoisotopic (exact) mass is 345 g/mol. The average molecular weight is 345 g/mol. The van der Waals surface area contributed by atoms with Crippen LogP contribution in [0.3, 0.4) is 0 Å². The third kappa shape index (κ3) is 4.19. The Morgan fingerprint density at radius 3 is 2.04 bits per heavy atom. The second kappa shape index (κ2) is 8.45. The lowest BCUT2D eigenvalue weighted by Crippen LogP contribution is -2.55. The molecule has 0 spiro atoms. The maximum atomic E-state index is 12.5. The summed E-state index contributed by atoms with van der Waals surface area (Å²) in [6.45, 7) is 7.07. The van der Waals surface area contributed by atoms with E-state index >= 15 is 0 Å². The summed E-state index contributed by atoms with van der Waals surface area (Å²) in [5.74, 6) is -0.749. The average Bonchev–Trinajstić information content (AvgIpc) is 2.69. The molecule has 2 aliphatic heterocycles. The summed E-state index contributed by atoms with van der Waals surface area (Å²) >= 11 is 0. The van der Waals surface area contributed by atoms with Gasteiger partial charge in [-0.3, -0.25) is 14.5 Å². The van der Waals surface area contributed by atoms with E-state index in [1.807, 2.05) is 6.07 Å². The Bertz CT molecular complexity index is 579. The smallest absolute Gasteiger partial charge is 0.312 e. The molecule has 1 aromatic rings. The van der Waals surface area contributed by atoms with Gasteiger partial charge in [-0.25, -0.2) is 0 Å². The maximum absolute atomic E-state index is 12.5. The molecular weight excluding hydrogens is 318 g/mol. The van der Waals surface area contributed by atoms with Crippen molar-refractivity contribution in [3.05, 3.63) is 35.9 Å². The third-order valence-electron chi connectivity index (χ3n) is 5.09. The zero-order valence-electron chi connectivity index (χ0n) is 14.9. The number of morpholine rings is 1. The minimum atomic E-state index is -0.383. The fourth-order valence-electron chi connectivity index (χ4n) is 3.65. The van der Waals surface area contributed by atoms with Crippen molar-refractivity contribution in [2.45, 2.75) is 19.4 Å². The van der Waals surface area contributed by atoms with Crippen LogP contribution in [0.15, 0.2) is 30.3 Å². The van der Waals surface area contributed by atoms with Gasteiger partial charge in [0.25, 0.3) is 0 Å². The zero-order valence-corrected chi connectivity index (χ0v) is 14.9. The van der Waals surface area contributed by atoms with Gasteiger partial charge in [0.15, 0.2) is 0 Å². The molecule has 2 heterocycles. The number of benzene rings is 1. The topological polar surface area (TPSA) is 53.1 Å². The summed E-state index contributed by atoms with van der Waals surface area (Å²) in [5.41, 5.74) is 1.31. The molecule has 1 aromatic carbocycles. The van der Waals surface area contributed by atoms with Crippen LogP contribution in [-0.4, -0.2) is 79.0 Å². The Kier molecular flexibility index (Phi) is 6.04. The number of ether oxygens (including phenoxy) is 1. The van der Waals surface area contributed by atoms with Gasteiger partial charge in [0, 0.05) is 45.3 Å². The van der Waals surface area contributed by atoms with Gasteiger partial charge in [0.1, 0.15) is 0 Å². The van der Waals surface area contributed by atoms with Crippen molar-refractivity contribution in [1.29, 1.82) is 0 Å². The molecule has 6 heteroatoms. The van der Waals surface area contributed by atoms with E-state index < -0.39 is 0 Å². The van der Waals surface area contributed by atoms with E-state index in [0.717, 1.165) is 19.5 Å². The molecule has 0 aliphatic carbocycles. The predicted octanol–water partition coefficient (Wildman–Crippen LogP) is 1.14. The number of carbonyl (C=O) groups excluding carboxylic acids is 2. The van der Waals surface area contributed by atoms with Crippen molar-refractivity contribution in [1.82, 2.24) is 14.7 Å².